The van der Waals surface area contributed by atoms with E-state index in [0.29, 0.717) is 6.04 Å². The van der Waals surface area contributed by atoms with E-state index < -0.39 is 0 Å². The quantitative estimate of drug-likeness (QED) is 0.902. The first-order valence-corrected chi connectivity index (χ1v) is 7.79. The highest BCUT2D eigenvalue weighted by molar-refractivity contribution is 9.10. The first kappa shape index (κ1) is 14.5. The molecule has 1 unspecified atom stereocenters. The lowest BCUT2D eigenvalue weighted by molar-refractivity contribution is 0.0741. The van der Waals surface area contributed by atoms with Gasteiger partial charge in [0, 0.05) is 23.6 Å². The lowest BCUT2D eigenvalue weighted by Crippen LogP contribution is -2.41. The van der Waals surface area contributed by atoms with Crippen LogP contribution < -0.4 is 5.32 Å². The van der Waals surface area contributed by atoms with Gasteiger partial charge in [-0.1, -0.05) is 19.1 Å². The Kier molecular flexibility index (Phi) is 5.40. The molecule has 1 fully saturated rings. The van der Waals surface area contributed by atoms with Gasteiger partial charge in [-0.15, -0.1) is 0 Å². The molecule has 1 heterocycles. The summed E-state index contributed by atoms with van der Waals surface area (Å²) in [7, 11) is 0. The largest absolute Gasteiger partial charge is 0.337 e. The summed E-state index contributed by atoms with van der Waals surface area (Å²) >= 11 is 3.47. The van der Waals surface area contributed by atoms with E-state index in [9.17, 15) is 4.79 Å². The summed E-state index contributed by atoms with van der Waals surface area (Å²) in [6.45, 7) is 4.82. The topological polar surface area (TPSA) is 32.3 Å². The van der Waals surface area contributed by atoms with Crippen LogP contribution in [0.25, 0.3) is 0 Å². The van der Waals surface area contributed by atoms with Gasteiger partial charge in [0.1, 0.15) is 0 Å². The number of benzene rings is 1. The van der Waals surface area contributed by atoms with Gasteiger partial charge < -0.3 is 10.2 Å². The number of halogens is 1. The Bertz CT molecular complexity index is 430. The maximum absolute atomic E-state index is 12.6. The number of rotatable bonds is 5. The highest BCUT2D eigenvalue weighted by Crippen LogP contribution is 2.19. The molecule has 0 bridgehead atoms. The molecule has 1 saturated heterocycles. The second-order valence-corrected chi connectivity index (χ2v) is 5.88. The number of amides is 1. The van der Waals surface area contributed by atoms with Crippen molar-refractivity contribution in [1.29, 1.82) is 0 Å². The van der Waals surface area contributed by atoms with Gasteiger partial charge in [0.05, 0.1) is 5.56 Å². The van der Waals surface area contributed by atoms with Crippen LogP contribution in [0.15, 0.2) is 28.7 Å². The highest BCUT2D eigenvalue weighted by atomic mass is 79.9. The second kappa shape index (κ2) is 7.06. The van der Waals surface area contributed by atoms with Gasteiger partial charge in [-0.2, -0.15) is 0 Å². The van der Waals surface area contributed by atoms with Crippen molar-refractivity contribution >= 4 is 21.8 Å². The zero-order valence-electron chi connectivity index (χ0n) is 11.4. The fraction of sp³-hybridized carbons (Fsp3) is 0.533. The SMILES string of the molecule is CCCN(CC1CCCN1)C(=O)c1ccccc1Br. The molecule has 1 aromatic rings. The molecule has 1 atom stereocenters. The standard InChI is InChI=1S/C15H21BrN2O/c1-2-10-18(11-12-6-5-9-17-12)15(19)13-7-3-4-8-14(13)16/h3-4,7-8,12,17H,2,5-6,9-11H2,1H3. The summed E-state index contributed by atoms with van der Waals surface area (Å²) in [5.74, 6) is 0.128. The van der Waals surface area contributed by atoms with Gasteiger partial charge in [0.2, 0.25) is 0 Å². The first-order chi connectivity index (χ1) is 9.22. The Balaban J connectivity index is 2.09. The third-order valence-corrected chi connectivity index (χ3v) is 4.18. The lowest BCUT2D eigenvalue weighted by atomic mass is 10.1. The maximum atomic E-state index is 12.6. The molecule has 0 aliphatic carbocycles. The summed E-state index contributed by atoms with van der Waals surface area (Å²) in [4.78, 5) is 14.6. The molecule has 3 nitrogen and oxygen atoms in total. The van der Waals surface area contributed by atoms with Gasteiger partial charge in [-0.05, 0) is 53.9 Å². The monoisotopic (exact) mass is 324 g/mol. The van der Waals surface area contributed by atoms with Crippen LogP contribution in [-0.2, 0) is 0 Å². The Labute approximate surface area is 123 Å². The van der Waals surface area contributed by atoms with Crippen LogP contribution in [0.1, 0.15) is 36.5 Å². The van der Waals surface area contributed by atoms with Crippen molar-refractivity contribution in [2.24, 2.45) is 0 Å². The Morgan fingerprint density at radius 2 is 2.26 bits per heavy atom. The molecule has 1 amide bonds. The van der Waals surface area contributed by atoms with Crippen molar-refractivity contribution in [3.8, 4) is 0 Å². The Hall–Kier alpha value is -0.870. The van der Waals surface area contributed by atoms with Crippen molar-refractivity contribution in [1.82, 2.24) is 10.2 Å². The Morgan fingerprint density at radius 3 is 2.89 bits per heavy atom. The van der Waals surface area contributed by atoms with Crippen LogP contribution in [0.5, 0.6) is 0 Å². The van der Waals surface area contributed by atoms with Gasteiger partial charge in [0.25, 0.3) is 5.91 Å². The number of carbonyl (C=O) groups excluding carboxylic acids is 1. The molecular formula is C15H21BrN2O. The highest BCUT2D eigenvalue weighted by Gasteiger charge is 2.22. The van der Waals surface area contributed by atoms with Crippen molar-refractivity contribution in [2.75, 3.05) is 19.6 Å². The van der Waals surface area contributed by atoms with Gasteiger partial charge in [-0.25, -0.2) is 0 Å². The van der Waals surface area contributed by atoms with E-state index in [-0.39, 0.29) is 5.91 Å². The molecule has 19 heavy (non-hydrogen) atoms. The predicted octanol–water partition coefficient (Wildman–Crippen LogP) is 3.05. The van der Waals surface area contributed by atoms with Crippen LogP contribution in [0.2, 0.25) is 0 Å². The average Bonchev–Trinajstić information content (AvgIpc) is 2.91. The van der Waals surface area contributed by atoms with Crippen molar-refractivity contribution in [3.05, 3.63) is 34.3 Å². The number of nitrogens with one attached hydrogen (secondary N) is 1. The van der Waals surface area contributed by atoms with Crippen LogP contribution in [0, 0.1) is 0 Å². The minimum Gasteiger partial charge on any atom is -0.337 e. The third kappa shape index (κ3) is 3.80. The van der Waals surface area contributed by atoms with E-state index >= 15 is 0 Å². The molecule has 2 rings (SSSR count). The van der Waals surface area contributed by atoms with Crippen molar-refractivity contribution in [2.45, 2.75) is 32.2 Å². The smallest absolute Gasteiger partial charge is 0.255 e. The van der Waals surface area contributed by atoms with Gasteiger partial charge in [0.15, 0.2) is 0 Å². The van der Waals surface area contributed by atoms with Crippen LogP contribution in [-0.4, -0.2) is 36.5 Å². The molecule has 0 spiro atoms. The maximum Gasteiger partial charge on any atom is 0.255 e. The van der Waals surface area contributed by atoms with Crippen LogP contribution >= 0.6 is 15.9 Å². The molecule has 0 aromatic heterocycles. The lowest BCUT2D eigenvalue weighted by Gasteiger charge is -2.26. The molecule has 0 saturated carbocycles. The zero-order valence-corrected chi connectivity index (χ0v) is 12.9. The van der Waals surface area contributed by atoms with Gasteiger partial charge >= 0.3 is 0 Å². The summed E-state index contributed by atoms with van der Waals surface area (Å²) in [5.41, 5.74) is 0.758. The Morgan fingerprint density at radius 1 is 1.47 bits per heavy atom. The number of hydrogen-bond acceptors (Lipinski definition) is 2. The van der Waals surface area contributed by atoms with Crippen molar-refractivity contribution < 1.29 is 4.79 Å². The fourth-order valence-electron chi connectivity index (χ4n) is 2.53. The molecule has 0 radical (unpaired) electrons. The van der Waals surface area contributed by atoms with E-state index in [1.165, 1.54) is 12.8 Å². The minimum atomic E-state index is 0.128. The van der Waals surface area contributed by atoms with Crippen LogP contribution in [0.4, 0.5) is 0 Å². The molecule has 1 aromatic carbocycles. The van der Waals surface area contributed by atoms with E-state index in [2.05, 4.69) is 28.2 Å². The van der Waals surface area contributed by atoms with E-state index in [1.54, 1.807) is 0 Å². The third-order valence-electron chi connectivity index (χ3n) is 3.49. The molecule has 1 N–H and O–H groups in total. The molecule has 104 valence electrons. The fourth-order valence-corrected chi connectivity index (χ4v) is 2.98. The number of nitrogens with zero attached hydrogens (tertiary/aromatic N) is 1. The van der Waals surface area contributed by atoms with Crippen molar-refractivity contribution in [3.63, 3.8) is 0 Å². The molecule has 1 aliphatic heterocycles. The molecule has 1 aliphatic rings. The predicted molar refractivity (Wildman–Crippen MR) is 81.4 cm³/mol. The average molecular weight is 325 g/mol. The van der Waals surface area contributed by atoms with Gasteiger partial charge in [-0.3, -0.25) is 4.79 Å². The molecule has 4 heteroatoms. The second-order valence-electron chi connectivity index (χ2n) is 5.02. The molecular weight excluding hydrogens is 304 g/mol. The van der Waals surface area contributed by atoms with E-state index in [4.69, 9.17) is 0 Å². The first-order valence-electron chi connectivity index (χ1n) is 6.99. The van der Waals surface area contributed by atoms with E-state index in [1.807, 2.05) is 29.2 Å². The summed E-state index contributed by atoms with van der Waals surface area (Å²) in [6.07, 6.45) is 3.38. The normalized spacial score (nSPS) is 18.5. The van der Waals surface area contributed by atoms with Crippen LogP contribution in [0.3, 0.4) is 0 Å². The minimum absolute atomic E-state index is 0.128. The summed E-state index contributed by atoms with van der Waals surface area (Å²) < 4.78 is 0.875. The number of hydrogen-bond donors (Lipinski definition) is 1. The van der Waals surface area contributed by atoms with E-state index in [0.717, 1.165) is 36.1 Å². The summed E-state index contributed by atoms with van der Waals surface area (Å²) in [6, 6.07) is 8.11. The number of carbonyl (C=O) groups is 1. The zero-order chi connectivity index (χ0) is 13.7. The summed E-state index contributed by atoms with van der Waals surface area (Å²) in [5, 5.41) is 3.46.